The summed E-state index contributed by atoms with van der Waals surface area (Å²) in [5.41, 5.74) is 8.69. The van der Waals surface area contributed by atoms with Crippen LogP contribution in [0.25, 0.3) is 0 Å². The summed E-state index contributed by atoms with van der Waals surface area (Å²) < 4.78 is 0. The van der Waals surface area contributed by atoms with E-state index in [1.807, 2.05) is 0 Å². The molecular weight excluding hydrogens is 222 g/mol. The lowest BCUT2D eigenvalue weighted by atomic mass is 9.85. The number of rotatable bonds is 3. The first-order valence-corrected chi connectivity index (χ1v) is 7.14. The Balaban J connectivity index is 1.75. The summed E-state index contributed by atoms with van der Waals surface area (Å²) in [5.74, 6) is 0. The van der Waals surface area contributed by atoms with Crippen LogP contribution in [-0.2, 0) is 6.42 Å². The van der Waals surface area contributed by atoms with Gasteiger partial charge in [-0.05, 0) is 30.4 Å². The zero-order valence-electron chi connectivity index (χ0n) is 10.9. The van der Waals surface area contributed by atoms with Gasteiger partial charge in [0.05, 0.1) is 0 Å². The van der Waals surface area contributed by atoms with E-state index in [1.165, 1.54) is 32.4 Å². The van der Waals surface area contributed by atoms with Crippen LogP contribution in [0.3, 0.4) is 0 Å². The molecule has 2 heterocycles. The van der Waals surface area contributed by atoms with Gasteiger partial charge in [-0.2, -0.15) is 0 Å². The molecule has 1 fully saturated rings. The summed E-state index contributed by atoms with van der Waals surface area (Å²) in [6, 6.07) is 10.2. The van der Waals surface area contributed by atoms with Gasteiger partial charge >= 0.3 is 0 Å². The van der Waals surface area contributed by atoms with Crippen molar-refractivity contribution < 1.29 is 0 Å². The highest BCUT2D eigenvalue weighted by molar-refractivity contribution is 5.33. The molecule has 2 atom stereocenters. The van der Waals surface area contributed by atoms with E-state index in [-0.39, 0.29) is 0 Å². The highest BCUT2D eigenvalue weighted by Crippen LogP contribution is 2.36. The van der Waals surface area contributed by atoms with Crippen LogP contribution in [0.2, 0.25) is 0 Å². The Hall–Kier alpha value is -0.900. The molecule has 0 spiro atoms. The third-order valence-electron chi connectivity index (χ3n) is 4.37. The first-order valence-electron chi connectivity index (χ1n) is 7.14. The number of nitrogens with zero attached hydrogens (tertiary/aromatic N) is 1. The molecule has 0 aliphatic carbocycles. The molecule has 0 saturated carbocycles. The van der Waals surface area contributed by atoms with Gasteiger partial charge in [-0.3, -0.25) is 4.90 Å². The van der Waals surface area contributed by atoms with Crippen molar-refractivity contribution in [3.05, 3.63) is 35.4 Å². The molecule has 3 nitrogen and oxygen atoms in total. The molecule has 18 heavy (non-hydrogen) atoms. The average molecular weight is 245 g/mol. The van der Waals surface area contributed by atoms with E-state index in [4.69, 9.17) is 5.73 Å². The van der Waals surface area contributed by atoms with Crippen LogP contribution in [0.5, 0.6) is 0 Å². The standard InChI is InChI=1S/C15H23N3/c16-7-8-17-13-6-10-18-9-5-12-3-1-2-4-14(12)15(18)11-13/h1-4,13,15,17H,5-11,16H2. The quantitative estimate of drug-likeness (QED) is 0.843. The van der Waals surface area contributed by atoms with Gasteiger partial charge in [0.2, 0.25) is 0 Å². The minimum Gasteiger partial charge on any atom is -0.329 e. The van der Waals surface area contributed by atoms with Gasteiger partial charge in [-0.15, -0.1) is 0 Å². The molecule has 2 aliphatic rings. The Morgan fingerprint density at radius 3 is 3.06 bits per heavy atom. The fourth-order valence-electron chi connectivity index (χ4n) is 3.43. The maximum Gasteiger partial charge on any atom is 0.0365 e. The van der Waals surface area contributed by atoms with E-state index in [2.05, 4.69) is 34.5 Å². The highest BCUT2D eigenvalue weighted by Gasteiger charge is 2.32. The molecule has 0 bridgehead atoms. The summed E-state index contributed by atoms with van der Waals surface area (Å²) in [4.78, 5) is 2.66. The summed E-state index contributed by atoms with van der Waals surface area (Å²) in [6.07, 6.45) is 3.71. The lowest BCUT2D eigenvalue weighted by Gasteiger charge is -2.43. The lowest BCUT2D eigenvalue weighted by Crippen LogP contribution is -2.47. The van der Waals surface area contributed by atoms with E-state index in [0.29, 0.717) is 12.1 Å². The zero-order valence-corrected chi connectivity index (χ0v) is 10.9. The van der Waals surface area contributed by atoms with Crippen LogP contribution in [0.1, 0.15) is 30.0 Å². The fourth-order valence-corrected chi connectivity index (χ4v) is 3.43. The predicted molar refractivity (Wildman–Crippen MR) is 74.5 cm³/mol. The smallest absolute Gasteiger partial charge is 0.0365 e. The molecule has 1 saturated heterocycles. The molecule has 3 heteroatoms. The largest absolute Gasteiger partial charge is 0.329 e. The van der Waals surface area contributed by atoms with Crippen molar-refractivity contribution >= 4 is 0 Å². The van der Waals surface area contributed by atoms with Crippen LogP contribution in [0.4, 0.5) is 0 Å². The highest BCUT2D eigenvalue weighted by atomic mass is 15.2. The number of hydrogen-bond donors (Lipinski definition) is 2. The summed E-state index contributed by atoms with van der Waals surface area (Å²) in [5, 5.41) is 3.58. The molecule has 0 aromatic heterocycles. The first-order chi connectivity index (χ1) is 8.88. The molecule has 1 aromatic carbocycles. The Bertz CT molecular complexity index is 404. The number of benzene rings is 1. The lowest BCUT2D eigenvalue weighted by molar-refractivity contribution is 0.116. The van der Waals surface area contributed by atoms with Crippen LogP contribution in [0.15, 0.2) is 24.3 Å². The normalized spacial score (nSPS) is 27.6. The Morgan fingerprint density at radius 2 is 2.17 bits per heavy atom. The van der Waals surface area contributed by atoms with E-state index >= 15 is 0 Å². The summed E-state index contributed by atoms with van der Waals surface area (Å²) in [7, 11) is 0. The van der Waals surface area contributed by atoms with E-state index in [9.17, 15) is 0 Å². The first kappa shape index (κ1) is 12.2. The van der Waals surface area contributed by atoms with Gasteiger partial charge in [0.15, 0.2) is 0 Å². The average Bonchev–Trinajstić information content (AvgIpc) is 2.45. The van der Waals surface area contributed by atoms with Crippen molar-refractivity contribution in [3.63, 3.8) is 0 Å². The minimum atomic E-state index is 0.624. The Kier molecular flexibility index (Phi) is 3.64. The maximum atomic E-state index is 5.58. The van der Waals surface area contributed by atoms with Gasteiger partial charge in [0.25, 0.3) is 0 Å². The molecule has 0 radical (unpaired) electrons. The number of nitrogens with one attached hydrogen (secondary N) is 1. The topological polar surface area (TPSA) is 41.3 Å². The number of hydrogen-bond acceptors (Lipinski definition) is 3. The van der Waals surface area contributed by atoms with E-state index in [0.717, 1.165) is 13.1 Å². The van der Waals surface area contributed by atoms with Crippen LogP contribution in [-0.4, -0.2) is 37.1 Å². The molecule has 98 valence electrons. The van der Waals surface area contributed by atoms with Crippen LogP contribution < -0.4 is 11.1 Å². The van der Waals surface area contributed by atoms with Gasteiger partial charge in [-0.25, -0.2) is 0 Å². The van der Waals surface area contributed by atoms with Gasteiger partial charge in [-0.1, -0.05) is 24.3 Å². The minimum absolute atomic E-state index is 0.624. The number of nitrogens with two attached hydrogens (primary N) is 1. The molecular formula is C15H23N3. The second-order valence-corrected chi connectivity index (χ2v) is 5.46. The predicted octanol–water partition coefficient (Wildman–Crippen LogP) is 1.30. The van der Waals surface area contributed by atoms with Crippen LogP contribution >= 0.6 is 0 Å². The van der Waals surface area contributed by atoms with Crippen molar-refractivity contribution in [1.82, 2.24) is 10.2 Å². The fraction of sp³-hybridized carbons (Fsp3) is 0.600. The van der Waals surface area contributed by atoms with Gasteiger partial charge in [0.1, 0.15) is 0 Å². The zero-order chi connectivity index (χ0) is 12.4. The van der Waals surface area contributed by atoms with Gasteiger partial charge in [0, 0.05) is 38.3 Å². The molecule has 2 unspecified atom stereocenters. The molecule has 3 rings (SSSR count). The third kappa shape index (κ3) is 2.30. The maximum absolute atomic E-state index is 5.58. The third-order valence-corrected chi connectivity index (χ3v) is 4.37. The second-order valence-electron chi connectivity index (χ2n) is 5.46. The van der Waals surface area contributed by atoms with Crippen LogP contribution in [0, 0.1) is 0 Å². The molecule has 3 N–H and O–H groups in total. The monoisotopic (exact) mass is 245 g/mol. The summed E-state index contributed by atoms with van der Waals surface area (Å²) in [6.45, 7) is 4.13. The number of piperidine rings is 1. The van der Waals surface area contributed by atoms with E-state index < -0.39 is 0 Å². The molecule has 0 amide bonds. The summed E-state index contributed by atoms with van der Waals surface area (Å²) >= 11 is 0. The van der Waals surface area contributed by atoms with Crippen molar-refractivity contribution in [2.24, 2.45) is 5.73 Å². The van der Waals surface area contributed by atoms with Gasteiger partial charge < -0.3 is 11.1 Å². The van der Waals surface area contributed by atoms with Crippen molar-refractivity contribution in [2.45, 2.75) is 31.3 Å². The second kappa shape index (κ2) is 5.39. The number of fused-ring (bicyclic) bond motifs is 3. The van der Waals surface area contributed by atoms with Crippen molar-refractivity contribution in [2.75, 3.05) is 26.2 Å². The van der Waals surface area contributed by atoms with Crippen molar-refractivity contribution in [3.8, 4) is 0 Å². The Morgan fingerprint density at radius 1 is 1.28 bits per heavy atom. The Labute approximate surface area is 109 Å². The molecule has 2 aliphatic heterocycles. The molecule has 1 aromatic rings. The van der Waals surface area contributed by atoms with E-state index in [1.54, 1.807) is 11.1 Å². The SMILES string of the molecule is NCCNC1CCN2CCc3ccccc3C2C1. The van der Waals surface area contributed by atoms with Crippen molar-refractivity contribution in [1.29, 1.82) is 0 Å².